The Labute approximate surface area is 112 Å². The molecule has 0 radical (unpaired) electrons. The maximum atomic E-state index is 12.6. The number of nitrogens with two attached hydrogens (primary N) is 1. The molecule has 0 bridgehead atoms. The van der Waals surface area contributed by atoms with Gasteiger partial charge in [0.05, 0.1) is 5.56 Å². The van der Waals surface area contributed by atoms with Crippen LogP contribution in [0, 0.1) is 0 Å². The number of benzene rings is 1. The Hall–Kier alpha value is -2.31. The van der Waals surface area contributed by atoms with E-state index in [1.807, 2.05) is 0 Å². The van der Waals surface area contributed by atoms with Gasteiger partial charge in [-0.2, -0.15) is 13.2 Å². The Balaban J connectivity index is 2.19. The maximum absolute atomic E-state index is 12.6. The minimum atomic E-state index is -4.44. The zero-order valence-electron chi connectivity index (χ0n) is 10.3. The number of allylic oxidation sites excluding steroid dienone is 1. The van der Waals surface area contributed by atoms with E-state index in [0.717, 1.165) is 12.1 Å². The molecule has 0 spiro atoms. The van der Waals surface area contributed by atoms with Crippen molar-refractivity contribution in [1.29, 1.82) is 0 Å². The van der Waals surface area contributed by atoms with Crippen molar-refractivity contribution in [3.8, 4) is 5.75 Å². The molecule has 4 nitrogen and oxygen atoms in total. The zero-order valence-corrected chi connectivity index (χ0v) is 10.3. The number of aliphatic imine (C=N–C) groups is 1. The van der Waals surface area contributed by atoms with E-state index in [2.05, 4.69) is 4.99 Å². The summed E-state index contributed by atoms with van der Waals surface area (Å²) in [5.41, 5.74) is 4.44. The van der Waals surface area contributed by atoms with Gasteiger partial charge in [0.25, 0.3) is 5.91 Å². The van der Waals surface area contributed by atoms with E-state index in [1.165, 1.54) is 12.1 Å². The van der Waals surface area contributed by atoms with Crippen LogP contribution < -0.4 is 10.5 Å². The molecule has 1 heterocycles. The maximum Gasteiger partial charge on any atom is 0.416 e. The number of alkyl halides is 3. The summed E-state index contributed by atoms with van der Waals surface area (Å²) in [4.78, 5) is 14.9. The molecule has 1 aromatic carbocycles. The van der Waals surface area contributed by atoms with E-state index in [9.17, 15) is 18.0 Å². The van der Waals surface area contributed by atoms with Crippen LogP contribution in [0.25, 0.3) is 0 Å². The van der Waals surface area contributed by atoms with Gasteiger partial charge in [-0.3, -0.25) is 4.79 Å². The first-order valence-corrected chi connectivity index (χ1v) is 5.79. The summed E-state index contributed by atoms with van der Waals surface area (Å²) in [5.74, 6) is -0.590. The fourth-order valence-corrected chi connectivity index (χ4v) is 1.67. The van der Waals surface area contributed by atoms with Gasteiger partial charge in [0, 0.05) is 0 Å². The SMILES string of the molecule is NC(=O)C1=NC(Oc2cccc(C(F)(F)F)c2)=CCC1. The third-order valence-corrected chi connectivity index (χ3v) is 2.61. The summed E-state index contributed by atoms with van der Waals surface area (Å²) in [6.45, 7) is 0. The highest BCUT2D eigenvalue weighted by Crippen LogP contribution is 2.32. The van der Waals surface area contributed by atoms with Crippen LogP contribution in [-0.4, -0.2) is 11.6 Å². The lowest BCUT2D eigenvalue weighted by Crippen LogP contribution is -2.25. The van der Waals surface area contributed by atoms with Crippen molar-refractivity contribution < 1.29 is 22.7 Å². The summed E-state index contributed by atoms with van der Waals surface area (Å²) < 4.78 is 42.9. The second-order valence-corrected chi connectivity index (χ2v) is 4.13. The first-order chi connectivity index (χ1) is 9.36. The minimum absolute atomic E-state index is 0.000505. The molecule has 20 heavy (non-hydrogen) atoms. The monoisotopic (exact) mass is 284 g/mol. The summed E-state index contributed by atoms with van der Waals surface area (Å²) in [7, 11) is 0. The van der Waals surface area contributed by atoms with E-state index in [0.29, 0.717) is 12.8 Å². The van der Waals surface area contributed by atoms with Gasteiger partial charge >= 0.3 is 6.18 Å². The smallest absolute Gasteiger partial charge is 0.416 e. The predicted molar refractivity (Wildman–Crippen MR) is 66.0 cm³/mol. The molecule has 1 aliphatic rings. The third-order valence-electron chi connectivity index (χ3n) is 2.61. The van der Waals surface area contributed by atoms with E-state index in [4.69, 9.17) is 10.5 Å². The number of carbonyl (C=O) groups excluding carboxylic acids is 1. The van der Waals surface area contributed by atoms with Crippen molar-refractivity contribution >= 4 is 11.6 Å². The van der Waals surface area contributed by atoms with Crippen molar-refractivity contribution in [1.82, 2.24) is 0 Å². The number of carbonyl (C=O) groups is 1. The highest BCUT2D eigenvalue weighted by molar-refractivity contribution is 6.38. The number of hydrogen-bond acceptors (Lipinski definition) is 3. The summed E-state index contributed by atoms with van der Waals surface area (Å²) in [6, 6.07) is 4.43. The molecular formula is C13H11F3N2O2. The van der Waals surface area contributed by atoms with Crippen LogP contribution in [0.5, 0.6) is 5.75 Å². The normalized spacial score (nSPS) is 15.3. The number of nitrogens with zero attached hydrogens (tertiary/aromatic N) is 1. The number of primary amides is 1. The van der Waals surface area contributed by atoms with Crippen LogP contribution in [0.1, 0.15) is 18.4 Å². The van der Waals surface area contributed by atoms with Gasteiger partial charge in [-0.25, -0.2) is 4.99 Å². The van der Waals surface area contributed by atoms with E-state index >= 15 is 0 Å². The molecule has 0 saturated carbocycles. The number of ether oxygens (including phenoxy) is 1. The highest BCUT2D eigenvalue weighted by atomic mass is 19.4. The van der Waals surface area contributed by atoms with Crippen molar-refractivity contribution in [3.63, 3.8) is 0 Å². The molecular weight excluding hydrogens is 273 g/mol. The second-order valence-electron chi connectivity index (χ2n) is 4.13. The number of halogens is 3. The van der Waals surface area contributed by atoms with Crippen LogP contribution >= 0.6 is 0 Å². The van der Waals surface area contributed by atoms with Crippen LogP contribution in [0.2, 0.25) is 0 Å². The molecule has 2 rings (SSSR count). The lowest BCUT2D eigenvalue weighted by molar-refractivity contribution is -0.137. The van der Waals surface area contributed by atoms with Crippen molar-refractivity contribution in [3.05, 3.63) is 41.8 Å². The van der Waals surface area contributed by atoms with Crippen molar-refractivity contribution in [2.45, 2.75) is 19.0 Å². The molecule has 1 amide bonds. The molecule has 0 saturated heterocycles. The molecule has 1 aliphatic heterocycles. The van der Waals surface area contributed by atoms with Crippen LogP contribution in [0.4, 0.5) is 13.2 Å². The lowest BCUT2D eigenvalue weighted by Gasteiger charge is -2.13. The van der Waals surface area contributed by atoms with Crippen molar-refractivity contribution in [2.24, 2.45) is 10.7 Å². The van der Waals surface area contributed by atoms with E-state index < -0.39 is 17.6 Å². The Morgan fingerprint density at radius 1 is 1.35 bits per heavy atom. The summed E-state index contributed by atoms with van der Waals surface area (Å²) >= 11 is 0. The number of rotatable bonds is 3. The Kier molecular flexibility index (Phi) is 3.78. The minimum Gasteiger partial charge on any atom is -0.439 e. The van der Waals surface area contributed by atoms with Gasteiger partial charge in [-0.15, -0.1) is 0 Å². The van der Waals surface area contributed by atoms with E-state index in [1.54, 1.807) is 6.08 Å². The molecule has 1 aromatic rings. The van der Waals surface area contributed by atoms with Crippen LogP contribution in [0.3, 0.4) is 0 Å². The van der Waals surface area contributed by atoms with Crippen LogP contribution in [0.15, 0.2) is 41.2 Å². The molecule has 2 N–H and O–H groups in total. The molecule has 106 valence electrons. The first-order valence-electron chi connectivity index (χ1n) is 5.79. The molecule has 0 aromatic heterocycles. The van der Waals surface area contributed by atoms with E-state index in [-0.39, 0.29) is 17.3 Å². The fourth-order valence-electron chi connectivity index (χ4n) is 1.67. The summed E-state index contributed by atoms with van der Waals surface area (Å²) in [5, 5.41) is 0. The largest absolute Gasteiger partial charge is 0.439 e. The number of hydrogen-bond donors (Lipinski definition) is 1. The first kappa shape index (κ1) is 14.1. The molecule has 0 unspecified atom stereocenters. The Morgan fingerprint density at radius 2 is 2.10 bits per heavy atom. The van der Waals surface area contributed by atoms with Crippen molar-refractivity contribution in [2.75, 3.05) is 0 Å². The Morgan fingerprint density at radius 3 is 2.75 bits per heavy atom. The quantitative estimate of drug-likeness (QED) is 0.927. The highest BCUT2D eigenvalue weighted by Gasteiger charge is 2.30. The average Bonchev–Trinajstić information content (AvgIpc) is 2.38. The molecule has 0 atom stereocenters. The second kappa shape index (κ2) is 5.36. The molecule has 0 aliphatic carbocycles. The molecule has 0 fully saturated rings. The third kappa shape index (κ3) is 3.37. The van der Waals surface area contributed by atoms with Gasteiger partial charge in [-0.05, 0) is 37.1 Å². The molecule has 7 heteroatoms. The zero-order chi connectivity index (χ0) is 14.8. The lowest BCUT2D eigenvalue weighted by atomic mass is 10.1. The fraction of sp³-hybridized carbons (Fsp3) is 0.231. The van der Waals surface area contributed by atoms with Gasteiger partial charge in [0.1, 0.15) is 11.5 Å². The van der Waals surface area contributed by atoms with Gasteiger partial charge in [0.2, 0.25) is 5.88 Å². The number of amides is 1. The topological polar surface area (TPSA) is 64.7 Å². The van der Waals surface area contributed by atoms with Gasteiger partial charge < -0.3 is 10.5 Å². The van der Waals surface area contributed by atoms with Gasteiger partial charge in [0.15, 0.2) is 0 Å². The standard InChI is InChI=1S/C13H11F3N2O2/c14-13(15,16)8-3-1-4-9(7-8)20-11-6-2-5-10(18-11)12(17)19/h1,3-4,6-7H,2,5H2,(H2,17,19). The average molecular weight is 284 g/mol. The summed E-state index contributed by atoms with van der Waals surface area (Å²) in [6.07, 6.45) is -1.96. The Bertz CT molecular complexity index is 592. The van der Waals surface area contributed by atoms with Crippen LogP contribution in [-0.2, 0) is 11.0 Å². The predicted octanol–water partition coefficient (Wildman–Crippen LogP) is 2.65. The van der Waals surface area contributed by atoms with Gasteiger partial charge in [-0.1, -0.05) is 6.07 Å².